The predicted octanol–water partition coefficient (Wildman–Crippen LogP) is 3.46. The van der Waals surface area contributed by atoms with E-state index in [2.05, 4.69) is 29.8 Å². The van der Waals surface area contributed by atoms with Crippen LogP contribution in [0.1, 0.15) is 54.6 Å². The van der Waals surface area contributed by atoms with Crippen LogP contribution < -0.4 is 25.4 Å². The van der Waals surface area contributed by atoms with Crippen molar-refractivity contribution in [3.8, 4) is 11.5 Å². The SMILES string of the molecule is CCN1CCOc2ccccc2C(=O)N[C@H](C(=O)NCCOc2ccccc2C(C)C)CC(=O)N[C@H](Cc2ccccc2)C1=O. The number of nitrogens with one attached hydrogen (secondary N) is 3. The van der Waals surface area contributed by atoms with Crippen LogP contribution in [0.25, 0.3) is 0 Å². The van der Waals surface area contributed by atoms with Crippen molar-refractivity contribution in [2.45, 2.75) is 51.6 Å². The van der Waals surface area contributed by atoms with Gasteiger partial charge in [-0.1, -0.05) is 74.5 Å². The third-order valence-electron chi connectivity index (χ3n) is 7.57. The summed E-state index contributed by atoms with van der Waals surface area (Å²) in [7, 11) is 0. The smallest absolute Gasteiger partial charge is 0.255 e. The molecule has 0 spiro atoms. The molecule has 10 heteroatoms. The first-order valence-electron chi connectivity index (χ1n) is 15.4. The van der Waals surface area contributed by atoms with Crippen LogP contribution in [-0.2, 0) is 20.8 Å². The number of fused-ring (bicyclic) bond motifs is 1. The summed E-state index contributed by atoms with van der Waals surface area (Å²) >= 11 is 0. The van der Waals surface area contributed by atoms with Crippen LogP contribution in [-0.4, -0.2) is 73.5 Å². The lowest BCUT2D eigenvalue weighted by Crippen LogP contribution is -2.54. The van der Waals surface area contributed by atoms with Gasteiger partial charge in [0.25, 0.3) is 5.91 Å². The van der Waals surface area contributed by atoms with E-state index in [-0.39, 0.29) is 56.5 Å². The molecule has 3 aromatic rings. The van der Waals surface area contributed by atoms with Gasteiger partial charge in [-0.15, -0.1) is 0 Å². The largest absolute Gasteiger partial charge is 0.491 e. The standard InChI is InChI=1S/C35H42N4O6/c1-4-39-19-21-45-31-17-11-9-15-27(31)33(41)38-28(23-32(40)37-29(35(39)43)22-25-12-6-5-7-13-25)34(42)36-18-20-44-30-16-10-8-14-26(30)24(2)3/h5-17,24,28-29H,4,18-23H2,1-3H3,(H,36,42)(H,37,40)(H,38,41)/t28-,29+/m0/s1. The van der Waals surface area contributed by atoms with Gasteiger partial charge in [-0.05, 0) is 42.2 Å². The summed E-state index contributed by atoms with van der Waals surface area (Å²) in [6, 6.07) is 21.7. The molecule has 0 fully saturated rings. The normalized spacial score (nSPS) is 17.8. The van der Waals surface area contributed by atoms with Gasteiger partial charge in [0.2, 0.25) is 17.7 Å². The highest BCUT2D eigenvalue weighted by molar-refractivity contribution is 6.01. The lowest BCUT2D eigenvalue weighted by atomic mass is 10.0. The summed E-state index contributed by atoms with van der Waals surface area (Å²) < 4.78 is 11.9. The third-order valence-corrected chi connectivity index (χ3v) is 7.57. The molecule has 0 aliphatic carbocycles. The van der Waals surface area contributed by atoms with Crippen molar-refractivity contribution in [3.63, 3.8) is 0 Å². The van der Waals surface area contributed by atoms with E-state index in [1.165, 1.54) is 0 Å². The lowest BCUT2D eigenvalue weighted by molar-refractivity contribution is -0.137. The average Bonchev–Trinajstić information content (AvgIpc) is 3.04. The van der Waals surface area contributed by atoms with Crippen LogP contribution in [0.2, 0.25) is 0 Å². The number of hydrogen-bond acceptors (Lipinski definition) is 6. The van der Waals surface area contributed by atoms with Gasteiger partial charge in [-0.25, -0.2) is 0 Å². The number of nitrogens with zero attached hydrogens (tertiary/aromatic N) is 1. The lowest BCUT2D eigenvalue weighted by Gasteiger charge is -2.28. The van der Waals surface area contributed by atoms with E-state index in [1.54, 1.807) is 29.2 Å². The van der Waals surface area contributed by atoms with Crippen LogP contribution in [0.4, 0.5) is 0 Å². The third kappa shape index (κ3) is 9.31. The average molecular weight is 615 g/mol. The Balaban J connectivity index is 1.53. The maximum absolute atomic E-state index is 13.7. The monoisotopic (exact) mass is 614 g/mol. The molecule has 0 saturated carbocycles. The fourth-order valence-electron chi connectivity index (χ4n) is 5.17. The van der Waals surface area contributed by atoms with Crippen LogP contribution in [0.3, 0.4) is 0 Å². The number of rotatable bonds is 9. The molecule has 0 aromatic heterocycles. The van der Waals surface area contributed by atoms with Crippen LogP contribution >= 0.6 is 0 Å². The maximum atomic E-state index is 13.7. The summed E-state index contributed by atoms with van der Waals surface area (Å²) in [6.07, 6.45) is -0.105. The van der Waals surface area contributed by atoms with Crippen molar-refractivity contribution in [1.29, 1.82) is 0 Å². The van der Waals surface area contributed by atoms with Gasteiger partial charge >= 0.3 is 0 Å². The molecular formula is C35H42N4O6. The van der Waals surface area contributed by atoms with Gasteiger partial charge in [-0.2, -0.15) is 0 Å². The molecule has 0 radical (unpaired) electrons. The van der Waals surface area contributed by atoms with Crippen LogP contribution in [0.5, 0.6) is 11.5 Å². The van der Waals surface area contributed by atoms with Crippen LogP contribution in [0, 0.1) is 0 Å². The van der Waals surface area contributed by atoms with E-state index < -0.39 is 29.8 Å². The summed E-state index contributed by atoms with van der Waals surface area (Å²) in [5.74, 6) is -0.579. The Morgan fingerprint density at radius 1 is 0.978 bits per heavy atom. The fraction of sp³-hybridized carbons (Fsp3) is 0.371. The van der Waals surface area contributed by atoms with E-state index in [0.29, 0.717) is 12.3 Å². The molecule has 3 N–H and O–H groups in total. The number of ether oxygens (including phenoxy) is 2. The molecule has 1 aliphatic heterocycles. The molecule has 0 saturated heterocycles. The second kappa shape index (κ2) is 16.3. The van der Waals surface area contributed by atoms with E-state index in [9.17, 15) is 19.2 Å². The van der Waals surface area contributed by atoms with Gasteiger partial charge in [0.1, 0.15) is 36.8 Å². The highest BCUT2D eigenvalue weighted by Crippen LogP contribution is 2.25. The van der Waals surface area contributed by atoms with E-state index >= 15 is 0 Å². The fourth-order valence-corrected chi connectivity index (χ4v) is 5.17. The van der Waals surface area contributed by atoms with Crippen molar-refractivity contribution in [2.75, 3.05) is 32.8 Å². The summed E-state index contributed by atoms with van der Waals surface area (Å²) in [6.45, 7) is 7.16. The van der Waals surface area contributed by atoms with Gasteiger partial charge in [0, 0.05) is 13.0 Å². The number of carbonyl (C=O) groups excluding carboxylic acids is 4. The quantitative estimate of drug-likeness (QED) is 0.317. The van der Waals surface area contributed by atoms with Crippen molar-refractivity contribution < 1.29 is 28.7 Å². The zero-order chi connectivity index (χ0) is 32.2. The maximum Gasteiger partial charge on any atom is 0.255 e. The second-order valence-electron chi connectivity index (χ2n) is 11.1. The first-order valence-corrected chi connectivity index (χ1v) is 15.4. The number of para-hydroxylation sites is 2. The predicted molar refractivity (Wildman–Crippen MR) is 171 cm³/mol. The van der Waals surface area contributed by atoms with E-state index in [1.807, 2.05) is 61.5 Å². The Morgan fingerprint density at radius 3 is 2.44 bits per heavy atom. The van der Waals surface area contributed by atoms with Crippen LogP contribution in [0.15, 0.2) is 78.9 Å². The molecule has 1 heterocycles. The molecule has 45 heavy (non-hydrogen) atoms. The Hall–Kier alpha value is -4.86. The van der Waals surface area contributed by atoms with E-state index in [4.69, 9.17) is 9.47 Å². The number of likely N-dealkylation sites (N-methyl/N-ethyl adjacent to an activating group) is 1. The Morgan fingerprint density at radius 2 is 1.69 bits per heavy atom. The zero-order valence-corrected chi connectivity index (χ0v) is 26.1. The number of amides is 4. The van der Waals surface area contributed by atoms with Crippen molar-refractivity contribution >= 4 is 23.6 Å². The van der Waals surface area contributed by atoms with Crippen molar-refractivity contribution in [3.05, 3.63) is 95.6 Å². The molecule has 10 nitrogen and oxygen atoms in total. The highest BCUT2D eigenvalue weighted by Gasteiger charge is 2.30. The first kappa shape index (κ1) is 33.0. The molecule has 4 rings (SSSR count). The van der Waals surface area contributed by atoms with Gasteiger partial charge in [-0.3, -0.25) is 19.2 Å². The number of hydrogen-bond donors (Lipinski definition) is 3. The number of benzene rings is 3. The second-order valence-corrected chi connectivity index (χ2v) is 11.1. The van der Waals surface area contributed by atoms with Crippen molar-refractivity contribution in [1.82, 2.24) is 20.9 Å². The minimum atomic E-state index is -1.22. The minimum absolute atomic E-state index is 0.139. The van der Waals surface area contributed by atoms with Gasteiger partial charge < -0.3 is 30.3 Å². The molecule has 3 aromatic carbocycles. The summed E-state index contributed by atoms with van der Waals surface area (Å²) in [5, 5.41) is 8.32. The Labute approximate surface area is 264 Å². The van der Waals surface area contributed by atoms with Gasteiger partial charge in [0.05, 0.1) is 25.1 Å². The first-order chi connectivity index (χ1) is 21.8. The summed E-state index contributed by atoms with van der Waals surface area (Å²) in [4.78, 5) is 55.5. The molecule has 1 aliphatic rings. The van der Waals surface area contributed by atoms with E-state index in [0.717, 1.165) is 16.9 Å². The molecule has 2 atom stereocenters. The molecule has 238 valence electrons. The van der Waals surface area contributed by atoms with Gasteiger partial charge in [0.15, 0.2) is 0 Å². The highest BCUT2D eigenvalue weighted by atomic mass is 16.5. The Bertz CT molecular complexity index is 1460. The molecule has 4 amide bonds. The molecule has 0 unspecified atom stereocenters. The Kier molecular flexibility index (Phi) is 12.0. The minimum Gasteiger partial charge on any atom is -0.491 e. The summed E-state index contributed by atoms with van der Waals surface area (Å²) in [5.41, 5.74) is 2.15. The number of carbonyl (C=O) groups is 4. The zero-order valence-electron chi connectivity index (χ0n) is 26.1. The molecular weight excluding hydrogens is 572 g/mol. The van der Waals surface area contributed by atoms with Crippen molar-refractivity contribution in [2.24, 2.45) is 0 Å². The topological polar surface area (TPSA) is 126 Å². The molecule has 0 bridgehead atoms.